The summed E-state index contributed by atoms with van der Waals surface area (Å²) in [5.74, 6) is 0.804. The molecular formula is C22H21N5O3. The lowest BCUT2D eigenvalue weighted by Crippen LogP contribution is -2.56. The number of piperazine rings is 1. The maximum absolute atomic E-state index is 13.0. The smallest absolute Gasteiger partial charge is 0.254 e. The van der Waals surface area contributed by atoms with E-state index in [1.54, 1.807) is 30.3 Å². The van der Waals surface area contributed by atoms with Crippen molar-refractivity contribution < 1.29 is 14.2 Å². The molecule has 1 amide bonds. The number of carbonyl (C=O) groups is 1. The fourth-order valence-corrected chi connectivity index (χ4v) is 4.51. The van der Waals surface area contributed by atoms with Crippen molar-refractivity contribution in [3.8, 4) is 11.8 Å². The van der Waals surface area contributed by atoms with Gasteiger partial charge < -0.3 is 9.64 Å². The summed E-state index contributed by atoms with van der Waals surface area (Å²) in [5.41, 5.74) is 2.50. The van der Waals surface area contributed by atoms with E-state index in [0.29, 0.717) is 40.9 Å². The lowest BCUT2D eigenvalue weighted by molar-refractivity contribution is 0.0407. The number of carbonyl (C=O) groups excluding carboxylic acids is 1. The second-order valence-electron chi connectivity index (χ2n) is 7.79. The molecule has 0 N–H and O–H groups in total. The van der Waals surface area contributed by atoms with Crippen molar-refractivity contribution in [1.82, 2.24) is 20.1 Å². The lowest BCUT2D eigenvalue weighted by atomic mass is 10.1. The number of nitrogens with zero attached hydrogens (tertiary/aromatic N) is 5. The van der Waals surface area contributed by atoms with Crippen LogP contribution in [0.4, 0.5) is 0 Å². The van der Waals surface area contributed by atoms with Crippen LogP contribution in [0, 0.1) is 11.3 Å². The number of amides is 1. The van der Waals surface area contributed by atoms with E-state index in [9.17, 15) is 4.79 Å². The topological polar surface area (TPSA) is 95.5 Å². The lowest BCUT2D eigenvalue weighted by Gasteiger charge is -2.41. The molecule has 2 aliphatic rings. The van der Waals surface area contributed by atoms with Gasteiger partial charge in [0.1, 0.15) is 23.4 Å². The molecule has 2 atom stereocenters. The number of ether oxygens (including phenoxy) is 1. The van der Waals surface area contributed by atoms with Crippen molar-refractivity contribution in [3.63, 3.8) is 0 Å². The molecule has 30 heavy (non-hydrogen) atoms. The van der Waals surface area contributed by atoms with Gasteiger partial charge in [-0.3, -0.25) is 9.69 Å². The standard InChI is InChI=1S/C22H21N5O3/c23-12-15-1-6-19(7-2-15)29-10-9-27-17-4-5-18(27)14-26(13-17)22(28)16-3-8-20-21(11-16)25-30-24-20/h1-3,6-8,11,17-18H,4-5,9-10,13-14H2. The van der Waals surface area contributed by atoms with Crippen molar-refractivity contribution >= 4 is 16.9 Å². The highest BCUT2D eigenvalue weighted by Crippen LogP contribution is 2.31. The molecule has 0 spiro atoms. The summed E-state index contributed by atoms with van der Waals surface area (Å²) in [6.07, 6.45) is 2.19. The third-order valence-electron chi connectivity index (χ3n) is 6.02. The van der Waals surface area contributed by atoms with Crippen molar-refractivity contribution in [2.24, 2.45) is 0 Å². The highest BCUT2D eigenvalue weighted by atomic mass is 16.6. The fraction of sp³-hybridized carbons (Fsp3) is 0.364. The predicted molar refractivity (Wildman–Crippen MR) is 108 cm³/mol. The van der Waals surface area contributed by atoms with Crippen molar-refractivity contribution in [2.75, 3.05) is 26.2 Å². The minimum absolute atomic E-state index is 0.0327. The molecule has 2 bridgehead atoms. The molecule has 3 aromatic rings. The van der Waals surface area contributed by atoms with Gasteiger partial charge in [-0.1, -0.05) is 0 Å². The Balaban J connectivity index is 1.19. The molecule has 152 valence electrons. The zero-order valence-electron chi connectivity index (χ0n) is 16.4. The average molecular weight is 403 g/mol. The van der Waals surface area contributed by atoms with Crippen LogP contribution in [0.15, 0.2) is 47.1 Å². The van der Waals surface area contributed by atoms with Crippen LogP contribution >= 0.6 is 0 Å². The van der Waals surface area contributed by atoms with Crippen LogP contribution in [0.5, 0.6) is 5.75 Å². The van der Waals surface area contributed by atoms with Gasteiger partial charge in [0.25, 0.3) is 5.91 Å². The molecule has 2 fully saturated rings. The van der Waals surface area contributed by atoms with Gasteiger partial charge in [-0.25, -0.2) is 4.63 Å². The number of benzene rings is 2. The number of hydrogen-bond donors (Lipinski definition) is 0. The Morgan fingerprint density at radius 2 is 1.83 bits per heavy atom. The molecule has 2 unspecified atom stereocenters. The molecule has 0 aliphatic carbocycles. The highest BCUT2D eigenvalue weighted by Gasteiger charge is 2.41. The van der Waals surface area contributed by atoms with Crippen LogP contribution in [0.2, 0.25) is 0 Å². The summed E-state index contributed by atoms with van der Waals surface area (Å²) < 4.78 is 10.6. The van der Waals surface area contributed by atoms with Gasteiger partial charge in [0.05, 0.1) is 11.6 Å². The molecule has 3 heterocycles. The van der Waals surface area contributed by atoms with Crippen LogP contribution in [0.25, 0.3) is 11.0 Å². The summed E-state index contributed by atoms with van der Waals surface area (Å²) in [4.78, 5) is 17.4. The molecule has 2 saturated heterocycles. The van der Waals surface area contributed by atoms with E-state index in [4.69, 9.17) is 14.6 Å². The van der Waals surface area contributed by atoms with Gasteiger partial charge in [0, 0.05) is 37.3 Å². The van der Waals surface area contributed by atoms with E-state index >= 15 is 0 Å². The number of fused-ring (bicyclic) bond motifs is 3. The normalized spacial score (nSPS) is 21.0. The summed E-state index contributed by atoms with van der Waals surface area (Å²) >= 11 is 0. The zero-order valence-corrected chi connectivity index (χ0v) is 16.4. The minimum Gasteiger partial charge on any atom is -0.492 e. The fourth-order valence-electron chi connectivity index (χ4n) is 4.51. The Morgan fingerprint density at radius 3 is 2.57 bits per heavy atom. The number of hydrogen-bond acceptors (Lipinski definition) is 7. The van der Waals surface area contributed by atoms with E-state index in [-0.39, 0.29) is 5.91 Å². The number of aromatic nitrogens is 2. The first-order valence-corrected chi connectivity index (χ1v) is 10.1. The average Bonchev–Trinajstić information content (AvgIpc) is 3.34. The second kappa shape index (κ2) is 7.76. The first-order valence-electron chi connectivity index (χ1n) is 10.1. The summed E-state index contributed by atoms with van der Waals surface area (Å²) in [7, 11) is 0. The van der Waals surface area contributed by atoms with Crippen LogP contribution in [-0.2, 0) is 0 Å². The van der Waals surface area contributed by atoms with E-state index in [1.165, 1.54) is 0 Å². The Morgan fingerprint density at radius 1 is 1.10 bits per heavy atom. The zero-order chi connectivity index (χ0) is 20.5. The summed E-state index contributed by atoms with van der Waals surface area (Å²) in [6.45, 7) is 2.86. The third kappa shape index (κ3) is 3.48. The maximum atomic E-state index is 13.0. The quantitative estimate of drug-likeness (QED) is 0.646. The third-order valence-corrected chi connectivity index (χ3v) is 6.02. The molecule has 1 aromatic heterocycles. The molecular weight excluding hydrogens is 382 g/mol. The van der Waals surface area contributed by atoms with Crippen molar-refractivity contribution in [1.29, 1.82) is 5.26 Å². The number of nitriles is 1. The molecule has 8 heteroatoms. The van der Waals surface area contributed by atoms with Crippen LogP contribution in [0.1, 0.15) is 28.8 Å². The largest absolute Gasteiger partial charge is 0.492 e. The Hall–Kier alpha value is -3.44. The minimum atomic E-state index is 0.0327. The van der Waals surface area contributed by atoms with Gasteiger partial charge in [-0.05, 0) is 65.6 Å². The van der Waals surface area contributed by atoms with E-state index in [0.717, 1.165) is 38.2 Å². The molecule has 8 nitrogen and oxygen atoms in total. The number of likely N-dealkylation sites (tertiary alicyclic amines) is 1. The maximum Gasteiger partial charge on any atom is 0.254 e. The Labute approximate surface area is 173 Å². The van der Waals surface area contributed by atoms with Gasteiger partial charge in [0.2, 0.25) is 0 Å². The monoisotopic (exact) mass is 403 g/mol. The molecule has 2 aliphatic heterocycles. The van der Waals surface area contributed by atoms with Gasteiger partial charge >= 0.3 is 0 Å². The van der Waals surface area contributed by atoms with Crippen molar-refractivity contribution in [3.05, 3.63) is 53.6 Å². The van der Waals surface area contributed by atoms with E-state index in [1.807, 2.05) is 17.0 Å². The van der Waals surface area contributed by atoms with E-state index < -0.39 is 0 Å². The number of rotatable bonds is 5. The SMILES string of the molecule is N#Cc1ccc(OCCN2C3CCC2CN(C(=O)c2ccc4nonc4c2)C3)cc1. The van der Waals surface area contributed by atoms with Gasteiger partial charge in [-0.15, -0.1) is 0 Å². The summed E-state index contributed by atoms with van der Waals surface area (Å²) in [6, 6.07) is 15.3. The Bertz CT molecular complexity index is 1090. The predicted octanol–water partition coefficient (Wildman–Crippen LogP) is 2.46. The van der Waals surface area contributed by atoms with Crippen LogP contribution < -0.4 is 4.74 Å². The molecule has 5 rings (SSSR count). The first-order chi connectivity index (χ1) is 14.7. The van der Waals surface area contributed by atoms with Gasteiger partial charge in [-0.2, -0.15) is 5.26 Å². The van der Waals surface area contributed by atoms with E-state index in [2.05, 4.69) is 21.3 Å². The molecule has 0 radical (unpaired) electrons. The second-order valence-corrected chi connectivity index (χ2v) is 7.79. The first kappa shape index (κ1) is 18.6. The van der Waals surface area contributed by atoms with Gasteiger partial charge in [0.15, 0.2) is 0 Å². The van der Waals surface area contributed by atoms with Crippen LogP contribution in [0.3, 0.4) is 0 Å². The Kier molecular flexibility index (Phi) is 4.81. The molecule has 2 aromatic carbocycles. The summed E-state index contributed by atoms with van der Waals surface area (Å²) in [5, 5.41) is 16.5. The van der Waals surface area contributed by atoms with Crippen LogP contribution in [-0.4, -0.2) is 64.3 Å². The highest BCUT2D eigenvalue weighted by molar-refractivity contribution is 5.97. The molecule has 0 saturated carbocycles. The van der Waals surface area contributed by atoms with Crippen molar-refractivity contribution in [2.45, 2.75) is 24.9 Å².